The van der Waals surface area contributed by atoms with Gasteiger partial charge < -0.3 is 4.90 Å². The van der Waals surface area contributed by atoms with Gasteiger partial charge in [0.15, 0.2) is 0 Å². The van der Waals surface area contributed by atoms with Crippen LogP contribution in [0.4, 0.5) is 4.39 Å². The van der Waals surface area contributed by atoms with Gasteiger partial charge in [0, 0.05) is 24.7 Å². The van der Waals surface area contributed by atoms with Gasteiger partial charge >= 0.3 is 0 Å². The molecule has 0 radical (unpaired) electrons. The molecule has 3 rings (SSSR count). The molecule has 1 amide bonds. The van der Waals surface area contributed by atoms with Crippen molar-refractivity contribution in [3.63, 3.8) is 0 Å². The lowest BCUT2D eigenvalue weighted by Gasteiger charge is -2.24. The van der Waals surface area contributed by atoms with E-state index in [1.54, 1.807) is 13.0 Å². The van der Waals surface area contributed by atoms with E-state index < -0.39 is 0 Å². The molecule has 1 aromatic rings. The molecule has 1 unspecified atom stereocenters. The maximum Gasteiger partial charge on any atom is 0.254 e. The third-order valence-corrected chi connectivity index (χ3v) is 4.53. The topological polar surface area (TPSA) is 23.6 Å². The Morgan fingerprint density at radius 3 is 2.70 bits per heavy atom. The van der Waals surface area contributed by atoms with Crippen molar-refractivity contribution in [3.8, 4) is 0 Å². The van der Waals surface area contributed by atoms with Gasteiger partial charge in [0.05, 0.1) is 0 Å². The number of amides is 1. The van der Waals surface area contributed by atoms with Crippen LogP contribution >= 0.6 is 0 Å². The Morgan fingerprint density at radius 1 is 1.25 bits per heavy atom. The average Bonchev–Trinajstić information content (AvgIpc) is 3.09. The minimum atomic E-state index is -0.282. The third-order valence-electron chi connectivity index (χ3n) is 4.53. The summed E-state index contributed by atoms with van der Waals surface area (Å²) >= 11 is 0. The molecule has 0 saturated carbocycles. The Kier molecular flexibility index (Phi) is 3.74. The minimum absolute atomic E-state index is 0.0456. The number of aryl methyl sites for hydroxylation is 1. The van der Waals surface area contributed by atoms with Crippen LogP contribution in [-0.2, 0) is 0 Å². The Balaban J connectivity index is 1.69. The zero-order chi connectivity index (χ0) is 14.1. The highest BCUT2D eigenvalue weighted by atomic mass is 19.1. The molecule has 0 aliphatic carbocycles. The van der Waals surface area contributed by atoms with Crippen LogP contribution < -0.4 is 0 Å². The number of nitrogens with zero attached hydrogens (tertiary/aromatic N) is 2. The maximum absolute atomic E-state index is 13.1. The normalized spacial score (nSPS) is 23.5. The Labute approximate surface area is 119 Å². The lowest BCUT2D eigenvalue weighted by molar-refractivity contribution is 0.0779. The van der Waals surface area contributed by atoms with E-state index >= 15 is 0 Å². The second-order valence-electron chi connectivity index (χ2n) is 5.90. The van der Waals surface area contributed by atoms with E-state index in [1.165, 1.54) is 38.1 Å². The molecule has 2 saturated heterocycles. The molecule has 108 valence electrons. The number of hydrogen-bond donors (Lipinski definition) is 0. The van der Waals surface area contributed by atoms with E-state index in [4.69, 9.17) is 0 Å². The van der Waals surface area contributed by atoms with Crippen LogP contribution in [0.25, 0.3) is 0 Å². The minimum Gasteiger partial charge on any atom is -0.337 e. The fourth-order valence-electron chi connectivity index (χ4n) is 3.37. The van der Waals surface area contributed by atoms with Crippen molar-refractivity contribution in [2.75, 3.05) is 26.2 Å². The van der Waals surface area contributed by atoms with Gasteiger partial charge in [-0.15, -0.1) is 0 Å². The molecule has 2 fully saturated rings. The average molecular weight is 276 g/mol. The number of benzene rings is 1. The second kappa shape index (κ2) is 5.52. The van der Waals surface area contributed by atoms with Crippen molar-refractivity contribution in [2.45, 2.75) is 32.2 Å². The molecule has 1 atom stereocenters. The van der Waals surface area contributed by atoms with Crippen LogP contribution in [0.1, 0.15) is 35.2 Å². The van der Waals surface area contributed by atoms with E-state index in [0.717, 1.165) is 25.1 Å². The highest BCUT2D eigenvalue weighted by Gasteiger charge is 2.32. The highest BCUT2D eigenvalue weighted by Crippen LogP contribution is 2.22. The molecule has 0 bridgehead atoms. The number of rotatable bonds is 2. The summed E-state index contributed by atoms with van der Waals surface area (Å²) in [5.74, 6) is -0.236. The number of carbonyl (C=O) groups excluding carboxylic acids is 1. The molecule has 0 aromatic heterocycles. The molecule has 20 heavy (non-hydrogen) atoms. The zero-order valence-corrected chi connectivity index (χ0v) is 11.9. The van der Waals surface area contributed by atoms with Gasteiger partial charge in [0.2, 0.25) is 0 Å². The SMILES string of the molecule is Cc1cc(F)ccc1C(=O)N1CCC(N2CCCC2)C1. The second-order valence-corrected chi connectivity index (χ2v) is 5.90. The molecule has 2 aliphatic heterocycles. The van der Waals surface area contributed by atoms with Crippen LogP contribution in [0.2, 0.25) is 0 Å². The van der Waals surface area contributed by atoms with Gasteiger partial charge in [-0.05, 0) is 63.0 Å². The van der Waals surface area contributed by atoms with E-state index in [0.29, 0.717) is 11.6 Å². The van der Waals surface area contributed by atoms with Crippen LogP contribution in [0, 0.1) is 12.7 Å². The van der Waals surface area contributed by atoms with E-state index in [9.17, 15) is 9.18 Å². The molecule has 1 aromatic carbocycles. The summed E-state index contributed by atoms with van der Waals surface area (Å²) in [6, 6.07) is 4.92. The first kappa shape index (κ1) is 13.6. The predicted octanol–water partition coefficient (Wildman–Crippen LogP) is 2.44. The van der Waals surface area contributed by atoms with E-state index in [1.807, 2.05) is 4.90 Å². The molecule has 2 heterocycles. The number of halogens is 1. The predicted molar refractivity (Wildman–Crippen MR) is 76.3 cm³/mol. The van der Waals surface area contributed by atoms with Crippen molar-refractivity contribution in [1.29, 1.82) is 0 Å². The van der Waals surface area contributed by atoms with Crippen LogP contribution in [-0.4, -0.2) is 47.9 Å². The first-order valence-corrected chi connectivity index (χ1v) is 7.44. The summed E-state index contributed by atoms with van der Waals surface area (Å²) in [6.45, 7) is 5.77. The first-order valence-electron chi connectivity index (χ1n) is 7.44. The molecular weight excluding hydrogens is 255 g/mol. The van der Waals surface area contributed by atoms with Gasteiger partial charge in [-0.25, -0.2) is 4.39 Å². The Morgan fingerprint density at radius 2 is 2.00 bits per heavy atom. The van der Waals surface area contributed by atoms with Gasteiger partial charge in [-0.2, -0.15) is 0 Å². The van der Waals surface area contributed by atoms with Crippen molar-refractivity contribution >= 4 is 5.91 Å². The Hall–Kier alpha value is -1.42. The van der Waals surface area contributed by atoms with Crippen LogP contribution in [0.5, 0.6) is 0 Å². The summed E-state index contributed by atoms with van der Waals surface area (Å²) in [4.78, 5) is 16.9. The van der Waals surface area contributed by atoms with Crippen molar-refractivity contribution in [1.82, 2.24) is 9.80 Å². The van der Waals surface area contributed by atoms with Crippen molar-refractivity contribution in [3.05, 3.63) is 35.1 Å². The molecular formula is C16H21FN2O. The lowest BCUT2D eigenvalue weighted by atomic mass is 10.1. The van der Waals surface area contributed by atoms with Crippen LogP contribution in [0.3, 0.4) is 0 Å². The zero-order valence-electron chi connectivity index (χ0n) is 11.9. The lowest BCUT2D eigenvalue weighted by Crippen LogP contribution is -2.37. The number of carbonyl (C=O) groups is 1. The fraction of sp³-hybridized carbons (Fsp3) is 0.562. The third kappa shape index (κ3) is 2.57. The summed E-state index contributed by atoms with van der Waals surface area (Å²) in [5, 5.41) is 0. The highest BCUT2D eigenvalue weighted by molar-refractivity contribution is 5.95. The van der Waals surface area contributed by atoms with Gasteiger partial charge in [0.25, 0.3) is 5.91 Å². The largest absolute Gasteiger partial charge is 0.337 e. The molecule has 2 aliphatic rings. The smallest absolute Gasteiger partial charge is 0.254 e. The maximum atomic E-state index is 13.1. The van der Waals surface area contributed by atoms with Crippen molar-refractivity contribution < 1.29 is 9.18 Å². The molecule has 0 N–H and O–H groups in total. The van der Waals surface area contributed by atoms with E-state index in [2.05, 4.69) is 4.90 Å². The molecule has 0 spiro atoms. The first-order chi connectivity index (χ1) is 9.65. The monoisotopic (exact) mass is 276 g/mol. The summed E-state index contributed by atoms with van der Waals surface area (Å²) < 4.78 is 13.1. The summed E-state index contributed by atoms with van der Waals surface area (Å²) in [6.07, 6.45) is 3.62. The summed E-state index contributed by atoms with van der Waals surface area (Å²) in [7, 11) is 0. The Bertz CT molecular complexity index is 511. The molecule has 4 heteroatoms. The van der Waals surface area contributed by atoms with Crippen molar-refractivity contribution in [2.24, 2.45) is 0 Å². The standard InChI is InChI=1S/C16H21FN2O/c1-12-10-13(17)4-5-15(12)16(20)19-9-6-14(11-19)18-7-2-3-8-18/h4-5,10,14H,2-3,6-9,11H2,1H3. The number of likely N-dealkylation sites (tertiary alicyclic amines) is 2. The van der Waals surface area contributed by atoms with E-state index in [-0.39, 0.29) is 11.7 Å². The number of hydrogen-bond acceptors (Lipinski definition) is 2. The van der Waals surface area contributed by atoms with Gasteiger partial charge in [0.1, 0.15) is 5.82 Å². The fourth-order valence-corrected chi connectivity index (χ4v) is 3.37. The van der Waals surface area contributed by atoms with Gasteiger partial charge in [-0.3, -0.25) is 9.69 Å². The quantitative estimate of drug-likeness (QED) is 0.828. The van der Waals surface area contributed by atoms with Crippen LogP contribution in [0.15, 0.2) is 18.2 Å². The van der Waals surface area contributed by atoms with Gasteiger partial charge in [-0.1, -0.05) is 0 Å². The molecule has 3 nitrogen and oxygen atoms in total. The summed E-state index contributed by atoms with van der Waals surface area (Å²) in [5.41, 5.74) is 1.35.